The first kappa shape index (κ1) is 24.7. The lowest BCUT2D eigenvalue weighted by atomic mass is 9.84. The third-order valence-corrected chi connectivity index (χ3v) is 7.19. The number of ether oxygens (including phenoxy) is 1. The molecule has 0 saturated heterocycles. The molecule has 5 rings (SSSR count). The second kappa shape index (κ2) is 9.82. The lowest BCUT2D eigenvalue weighted by Gasteiger charge is -2.24. The minimum absolute atomic E-state index is 0.0295. The van der Waals surface area contributed by atoms with Crippen molar-refractivity contribution in [1.29, 1.82) is 0 Å². The molecule has 37 heavy (non-hydrogen) atoms. The van der Waals surface area contributed by atoms with Crippen molar-refractivity contribution in [3.05, 3.63) is 86.3 Å². The van der Waals surface area contributed by atoms with Crippen LogP contribution in [0.15, 0.2) is 47.3 Å². The fraction of sp³-hybridized carbons (Fsp3) is 0.357. The molecule has 4 aromatic rings. The van der Waals surface area contributed by atoms with Crippen molar-refractivity contribution in [3.63, 3.8) is 0 Å². The number of hydrogen-bond donors (Lipinski definition) is 2. The smallest absolute Gasteiger partial charge is 0.304 e. The zero-order valence-corrected chi connectivity index (χ0v) is 21.5. The van der Waals surface area contributed by atoms with E-state index in [0.29, 0.717) is 25.4 Å². The van der Waals surface area contributed by atoms with E-state index in [1.807, 2.05) is 39.1 Å². The number of carboxylic acid groups (broad SMARTS) is 1. The van der Waals surface area contributed by atoms with Gasteiger partial charge in [-0.3, -0.25) is 14.5 Å². The van der Waals surface area contributed by atoms with Gasteiger partial charge in [-0.1, -0.05) is 29.5 Å². The van der Waals surface area contributed by atoms with Crippen molar-refractivity contribution in [3.8, 4) is 5.75 Å². The first-order valence-electron chi connectivity index (χ1n) is 12.4. The molecule has 9 heteroatoms. The molecule has 1 aliphatic rings. The van der Waals surface area contributed by atoms with Crippen LogP contribution >= 0.6 is 0 Å². The van der Waals surface area contributed by atoms with Crippen LogP contribution in [0.3, 0.4) is 0 Å². The molecule has 2 N–H and O–H groups in total. The molecular formula is C28H31N5O4. The first-order chi connectivity index (χ1) is 17.7. The number of aromatic nitrogens is 4. The molecule has 0 aliphatic carbocycles. The zero-order valence-electron chi connectivity index (χ0n) is 21.5. The Morgan fingerprint density at radius 1 is 1.22 bits per heavy atom. The molecule has 0 unspecified atom stereocenters. The van der Waals surface area contributed by atoms with Crippen LogP contribution in [0.5, 0.6) is 5.75 Å². The van der Waals surface area contributed by atoms with Crippen LogP contribution in [0, 0.1) is 13.8 Å². The van der Waals surface area contributed by atoms with E-state index in [1.165, 1.54) is 6.07 Å². The van der Waals surface area contributed by atoms with E-state index in [0.717, 1.165) is 44.5 Å². The zero-order chi connectivity index (χ0) is 26.3. The Bertz CT molecular complexity index is 1540. The van der Waals surface area contributed by atoms with Crippen molar-refractivity contribution >= 4 is 17.0 Å². The Kier molecular flexibility index (Phi) is 6.55. The fourth-order valence-corrected chi connectivity index (χ4v) is 5.29. The number of benzene rings is 2. The van der Waals surface area contributed by atoms with Gasteiger partial charge in [0, 0.05) is 38.7 Å². The second-order valence-electron chi connectivity index (χ2n) is 9.96. The van der Waals surface area contributed by atoms with Crippen molar-refractivity contribution in [2.45, 2.75) is 52.3 Å². The fourth-order valence-electron chi connectivity index (χ4n) is 5.29. The number of fused-ring (bicyclic) bond motifs is 2. The average molecular weight is 502 g/mol. The van der Waals surface area contributed by atoms with Gasteiger partial charge in [0.15, 0.2) is 0 Å². The van der Waals surface area contributed by atoms with Gasteiger partial charge < -0.3 is 14.8 Å². The Balaban J connectivity index is 1.50. The quantitative estimate of drug-likeness (QED) is 0.414. The van der Waals surface area contributed by atoms with E-state index >= 15 is 0 Å². The molecule has 3 heterocycles. The summed E-state index contributed by atoms with van der Waals surface area (Å²) in [6.45, 7) is 7.96. The van der Waals surface area contributed by atoms with Crippen LogP contribution in [0.2, 0.25) is 0 Å². The van der Waals surface area contributed by atoms with Gasteiger partial charge in [-0.2, -0.15) is 0 Å². The summed E-state index contributed by atoms with van der Waals surface area (Å²) in [6, 6.07) is 13.4. The Morgan fingerprint density at radius 2 is 2.03 bits per heavy atom. The highest BCUT2D eigenvalue weighted by molar-refractivity contribution is 5.80. The molecule has 9 nitrogen and oxygen atoms in total. The third kappa shape index (κ3) is 4.99. The predicted octanol–water partition coefficient (Wildman–Crippen LogP) is 3.66. The third-order valence-electron chi connectivity index (χ3n) is 7.19. The highest BCUT2D eigenvalue weighted by Crippen LogP contribution is 2.34. The molecule has 1 aliphatic heterocycles. The Hall–Kier alpha value is -3.98. The average Bonchev–Trinajstić information content (AvgIpc) is 3.14. The molecule has 0 radical (unpaired) electrons. The molecule has 2 aromatic carbocycles. The number of carboxylic acids is 1. The molecule has 0 saturated carbocycles. The summed E-state index contributed by atoms with van der Waals surface area (Å²) in [4.78, 5) is 29.0. The number of hydrogen-bond acceptors (Lipinski definition) is 6. The van der Waals surface area contributed by atoms with Crippen LogP contribution in [-0.4, -0.2) is 48.6 Å². The number of carbonyl (C=O) groups is 1. The van der Waals surface area contributed by atoms with Crippen LogP contribution in [-0.2, 0) is 24.9 Å². The van der Waals surface area contributed by atoms with E-state index < -0.39 is 5.97 Å². The number of rotatable bonds is 6. The largest absolute Gasteiger partial charge is 0.488 e. The second-order valence-corrected chi connectivity index (χ2v) is 9.96. The lowest BCUT2D eigenvalue weighted by molar-refractivity contribution is -0.137. The number of aryl methyl sites for hydroxylation is 3. The topological polar surface area (TPSA) is 113 Å². The van der Waals surface area contributed by atoms with E-state index in [2.05, 4.69) is 39.3 Å². The number of H-pyrrole nitrogens is 1. The van der Waals surface area contributed by atoms with E-state index in [-0.39, 0.29) is 24.0 Å². The number of nitrogens with one attached hydrogen (secondary N) is 1. The number of aliphatic carboxylic acids is 1. The monoisotopic (exact) mass is 501 g/mol. The van der Waals surface area contributed by atoms with E-state index in [9.17, 15) is 14.7 Å². The normalized spacial score (nSPS) is 16.7. The molecular weight excluding hydrogens is 470 g/mol. The number of pyridine rings is 1. The van der Waals surface area contributed by atoms with Gasteiger partial charge in [0.05, 0.1) is 17.6 Å². The SMILES string of the molecule is Cc1ccc([C@H](CC(=O)O)c2ccc3c(nnn3C)c2C)cc1CN1Cc2[nH]c(=O)ccc2O[C@@H](C)C1. The van der Waals surface area contributed by atoms with Crippen molar-refractivity contribution in [2.75, 3.05) is 6.54 Å². The molecule has 2 atom stereocenters. The van der Waals surface area contributed by atoms with E-state index in [1.54, 1.807) is 10.7 Å². The maximum Gasteiger partial charge on any atom is 0.304 e. The lowest BCUT2D eigenvalue weighted by Crippen LogP contribution is -2.31. The number of aromatic amines is 1. The molecule has 0 bridgehead atoms. The summed E-state index contributed by atoms with van der Waals surface area (Å²) in [7, 11) is 1.85. The van der Waals surface area contributed by atoms with Gasteiger partial charge >= 0.3 is 5.97 Å². The first-order valence-corrected chi connectivity index (χ1v) is 12.4. The summed E-state index contributed by atoms with van der Waals surface area (Å²) >= 11 is 0. The van der Waals surface area contributed by atoms with Crippen LogP contribution in [0.4, 0.5) is 0 Å². The van der Waals surface area contributed by atoms with Gasteiger partial charge in [0.2, 0.25) is 5.56 Å². The molecule has 192 valence electrons. The molecule has 2 aromatic heterocycles. The highest BCUT2D eigenvalue weighted by Gasteiger charge is 2.25. The maximum atomic E-state index is 11.9. The summed E-state index contributed by atoms with van der Waals surface area (Å²) in [5.41, 5.74) is 7.38. The van der Waals surface area contributed by atoms with Crippen LogP contribution in [0.1, 0.15) is 52.8 Å². The van der Waals surface area contributed by atoms with Crippen LogP contribution in [0.25, 0.3) is 11.0 Å². The minimum atomic E-state index is -0.857. The summed E-state index contributed by atoms with van der Waals surface area (Å²) < 4.78 is 7.76. The summed E-state index contributed by atoms with van der Waals surface area (Å²) in [5.74, 6) is -0.479. The predicted molar refractivity (Wildman–Crippen MR) is 140 cm³/mol. The Morgan fingerprint density at radius 3 is 2.81 bits per heavy atom. The Labute approximate surface area is 214 Å². The van der Waals surface area contributed by atoms with Crippen LogP contribution < -0.4 is 10.3 Å². The van der Waals surface area contributed by atoms with Crippen molar-refractivity contribution in [1.82, 2.24) is 24.9 Å². The van der Waals surface area contributed by atoms with Gasteiger partial charge in [0.1, 0.15) is 17.4 Å². The molecule has 0 fully saturated rings. The standard InChI is InChI=1S/C28H31N5O4/c1-16-5-6-19(22(12-27(35)36)21-7-8-24-28(18(21)3)30-31-32(24)4)11-20(16)14-33-13-17(2)37-25-9-10-26(34)29-23(25)15-33/h5-11,17,22H,12-15H2,1-4H3,(H,29,34)(H,35,36)/t17-,22-/m0/s1. The number of nitrogens with zero attached hydrogens (tertiary/aromatic N) is 4. The van der Waals surface area contributed by atoms with Crippen molar-refractivity contribution < 1.29 is 14.6 Å². The van der Waals surface area contributed by atoms with Gasteiger partial charge in [0.25, 0.3) is 0 Å². The van der Waals surface area contributed by atoms with Gasteiger partial charge in [-0.15, -0.1) is 5.10 Å². The summed E-state index contributed by atoms with van der Waals surface area (Å²) in [5, 5.41) is 18.2. The molecule has 0 amide bonds. The van der Waals surface area contributed by atoms with Gasteiger partial charge in [-0.25, -0.2) is 4.68 Å². The highest BCUT2D eigenvalue weighted by atomic mass is 16.5. The molecule has 0 spiro atoms. The minimum Gasteiger partial charge on any atom is -0.488 e. The van der Waals surface area contributed by atoms with E-state index in [4.69, 9.17) is 4.74 Å². The maximum absolute atomic E-state index is 11.9. The van der Waals surface area contributed by atoms with Gasteiger partial charge in [-0.05, 0) is 60.7 Å². The van der Waals surface area contributed by atoms with Crippen molar-refractivity contribution in [2.24, 2.45) is 7.05 Å². The summed E-state index contributed by atoms with van der Waals surface area (Å²) in [6.07, 6.45) is -0.0741.